The monoisotopic (exact) mass is 220 g/mol. The first-order valence-electron chi connectivity index (χ1n) is 5.11. The van der Waals surface area contributed by atoms with Gasteiger partial charge in [0.2, 0.25) is 0 Å². The minimum absolute atomic E-state index is 0.249. The van der Waals surface area contributed by atoms with Gasteiger partial charge in [0.05, 0.1) is 17.6 Å². The molecule has 1 aromatic carbocycles. The number of rotatable bonds is 4. The van der Waals surface area contributed by atoms with Crippen LogP contribution in [0.25, 0.3) is 5.69 Å². The minimum Gasteiger partial charge on any atom is -0.319 e. The Hall–Kier alpha value is -1.75. The molecule has 16 heavy (non-hydrogen) atoms. The van der Waals surface area contributed by atoms with Crippen LogP contribution in [0.1, 0.15) is 5.69 Å². The van der Waals surface area contributed by atoms with E-state index in [1.807, 2.05) is 7.05 Å². The van der Waals surface area contributed by atoms with Gasteiger partial charge in [-0.1, -0.05) is 5.21 Å². The smallest absolute Gasteiger partial charge is 0.123 e. The van der Waals surface area contributed by atoms with Crippen molar-refractivity contribution in [1.82, 2.24) is 20.3 Å². The molecule has 0 unspecified atom stereocenters. The van der Waals surface area contributed by atoms with Crippen molar-refractivity contribution in [3.8, 4) is 5.69 Å². The Morgan fingerprint density at radius 1 is 1.31 bits per heavy atom. The highest BCUT2D eigenvalue weighted by Gasteiger charge is 2.05. The SMILES string of the molecule is CNCCc1cnnn1-c1ccc(F)cc1. The van der Waals surface area contributed by atoms with Crippen molar-refractivity contribution in [3.63, 3.8) is 0 Å². The predicted molar refractivity (Wildman–Crippen MR) is 58.9 cm³/mol. The third kappa shape index (κ3) is 2.25. The number of hydrogen-bond donors (Lipinski definition) is 1. The molecule has 0 saturated carbocycles. The van der Waals surface area contributed by atoms with Gasteiger partial charge < -0.3 is 5.32 Å². The van der Waals surface area contributed by atoms with Gasteiger partial charge in [0.15, 0.2) is 0 Å². The molecule has 4 nitrogen and oxygen atoms in total. The van der Waals surface area contributed by atoms with Crippen LogP contribution in [0, 0.1) is 5.82 Å². The molecular formula is C11H13FN4. The van der Waals surface area contributed by atoms with Crippen molar-refractivity contribution in [2.75, 3.05) is 13.6 Å². The highest BCUT2D eigenvalue weighted by molar-refractivity contribution is 5.32. The summed E-state index contributed by atoms with van der Waals surface area (Å²) in [5, 5.41) is 10.9. The van der Waals surface area contributed by atoms with E-state index in [2.05, 4.69) is 15.6 Å². The van der Waals surface area contributed by atoms with Crippen molar-refractivity contribution in [3.05, 3.63) is 42.0 Å². The molecule has 0 radical (unpaired) electrons. The van der Waals surface area contributed by atoms with Gasteiger partial charge in [-0.25, -0.2) is 9.07 Å². The van der Waals surface area contributed by atoms with Gasteiger partial charge in [0.1, 0.15) is 5.82 Å². The maximum atomic E-state index is 12.8. The summed E-state index contributed by atoms with van der Waals surface area (Å²) in [5.41, 5.74) is 1.82. The summed E-state index contributed by atoms with van der Waals surface area (Å²) in [6, 6.07) is 6.21. The van der Waals surface area contributed by atoms with Crippen LogP contribution in [0.2, 0.25) is 0 Å². The summed E-state index contributed by atoms with van der Waals surface area (Å²) in [7, 11) is 1.89. The quantitative estimate of drug-likeness (QED) is 0.841. The summed E-state index contributed by atoms with van der Waals surface area (Å²) in [6.07, 6.45) is 2.56. The molecule has 0 aliphatic carbocycles. The average molecular weight is 220 g/mol. The summed E-state index contributed by atoms with van der Waals surface area (Å²) in [6.45, 7) is 0.856. The molecule has 0 bridgehead atoms. The lowest BCUT2D eigenvalue weighted by Gasteiger charge is -2.05. The zero-order valence-electron chi connectivity index (χ0n) is 9.02. The van der Waals surface area contributed by atoms with E-state index in [0.717, 1.165) is 24.3 Å². The first kappa shape index (κ1) is 10.8. The van der Waals surface area contributed by atoms with Crippen LogP contribution in [0.15, 0.2) is 30.5 Å². The predicted octanol–water partition coefficient (Wildman–Crippen LogP) is 1.17. The van der Waals surface area contributed by atoms with E-state index in [0.29, 0.717) is 0 Å². The first-order valence-corrected chi connectivity index (χ1v) is 5.11. The zero-order chi connectivity index (χ0) is 11.4. The lowest BCUT2D eigenvalue weighted by Crippen LogP contribution is -2.13. The standard InChI is InChI=1S/C11H13FN4/c1-13-7-6-11-8-14-15-16(11)10-4-2-9(12)3-5-10/h2-5,8,13H,6-7H2,1H3. The highest BCUT2D eigenvalue weighted by atomic mass is 19.1. The molecule has 2 aromatic rings. The minimum atomic E-state index is -0.249. The van der Waals surface area contributed by atoms with Crippen LogP contribution in [0.5, 0.6) is 0 Å². The molecule has 0 fully saturated rings. The van der Waals surface area contributed by atoms with Crippen LogP contribution in [0.3, 0.4) is 0 Å². The zero-order valence-corrected chi connectivity index (χ0v) is 9.02. The number of hydrogen-bond acceptors (Lipinski definition) is 3. The molecule has 0 atom stereocenters. The second-order valence-electron chi connectivity index (χ2n) is 3.47. The fourth-order valence-corrected chi connectivity index (χ4v) is 1.48. The number of halogens is 1. The number of nitrogens with zero attached hydrogens (tertiary/aromatic N) is 3. The Balaban J connectivity index is 2.26. The topological polar surface area (TPSA) is 42.7 Å². The molecule has 0 aliphatic heterocycles. The van der Waals surface area contributed by atoms with E-state index < -0.39 is 0 Å². The molecule has 0 spiro atoms. The van der Waals surface area contributed by atoms with Gasteiger partial charge in [0, 0.05) is 13.0 Å². The van der Waals surface area contributed by atoms with Gasteiger partial charge in [-0.3, -0.25) is 0 Å². The maximum Gasteiger partial charge on any atom is 0.123 e. The van der Waals surface area contributed by atoms with Crippen LogP contribution in [-0.4, -0.2) is 28.6 Å². The number of likely N-dealkylation sites (N-methyl/N-ethyl adjacent to an activating group) is 1. The van der Waals surface area contributed by atoms with Gasteiger partial charge in [-0.15, -0.1) is 5.10 Å². The van der Waals surface area contributed by atoms with E-state index in [1.54, 1.807) is 23.0 Å². The van der Waals surface area contributed by atoms with Crippen molar-refractivity contribution in [2.24, 2.45) is 0 Å². The van der Waals surface area contributed by atoms with Gasteiger partial charge in [0.25, 0.3) is 0 Å². The van der Waals surface area contributed by atoms with Crippen molar-refractivity contribution in [1.29, 1.82) is 0 Å². The molecule has 0 amide bonds. The largest absolute Gasteiger partial charge is 0.319 e. The summed E-state index contributed by atoms with van der Waals surface area (Å²) in [4.78, 5) is 0. The second kappa shape index (κ2) is 4.85. The average Bonchev–Trinajstić information content (AvgIpc) is 2.75. The van der Waals surface area contributed by atoms with E-state index in [1.165, 1.54) is 12.1 Å². The van der Waals surface area contributed by atoms with Crippen LogP contribution in [0.4, 0.5) is 4.39 Å². The van der Waals surface area contributed by atoms with Crippen LogP contribution >= 0.6 is 0 Å². The molecule has 1 N–H and O–H groups in total. The lowest BCUT2D eigenvalue weighted by molar-refractivity contribution is 0.626. The highest BCUT2D eigenvalue weighted by Crippen LogP contribution is 2.10. The fourth-order valence-electron chi connectivity index (χ4n) is 1.48. The van der Waals surface area contributed by atoms with Gasteiger partial charge >= 0.3 is 0 Å². The Morgan fingerprint density at radius 2 is 2.06 bits per heavy atom. The van der Waals surface area contributed by atoms with Crippen molar-refractivity contribution >= 4 is 0 Å². The third-order valence-electron chi connectivity index (χ3n) is 2.32. The van der Waals surface area contributed by atoms with E-state index in [-0.39, 0.29) is 5.82 Å². The third-order valence-corrected chi connectivity index (χ3v) is 2.32. The molecular weight excluding hydrogens is 207 g/mol. The number of aromatic nitrogens is 3. The molecule has 2 rings (SSSR count). The van der Waals surface area contributed by atoms with Gasteiger partial charge in [-0.05, 0) is 31.3 Å². The normalized spacial score (nSPS) is 10.6. The Bertz CT molecular complexity index is 449. The lowest BCUT2D eigenvalue weighted by atomic mass is 10.3. The number of nitrogens with one attached hydrogen (secondary N) is 1. The first-order chi connectivity index (χ1) is 7.81. The fraction of sp³-hybridized carbons (Fsp3) is 0.273. The molecule has 5 heteroatoms. The molecule has 84 valence electrons. The van der Waals surface area contributed by atoms with E-state index >= 15 is 0 Å². The molecule has 0 saturated heterocycles. The Kier molecular flexibility index (Phi) is 3.26. The van der Waals surface area contributed by atoms with Crippen molar-refractivity contribution in [2.45, 2.75) is 6.42 Å². The van der Waals surface area contributed by atoms with Crippen molar-refractivity contribution < 1.29 is 4.39 Å². The summed E-state index contributed by atoms with van der Waals surface area (Å²) in [5.74, 6) is -0.249. The molecule has 0 aliphatic rings. The van der Waals surface area contributed by atoms with Crippen LogP contribution < -0.4 is 5.32 Å². The van der Waals surface area contributed by atoms with E-state index in [9.17, 15) is 4.39 Å². The summed E-state index contributed by atoms with van der Waals surface area (Å²) >= 11 is 0. The second-order valence-corrected chi connectivity index (χ2v) is 3.47. The van der Waals surface area contributed by atoms with Gasteiger partial charge in [-0.2, -0.15) is 0 Å². The summed E-state index contributed by atoms with van der Waals surface area (Å²) < 4.78 is 14.5. The molecule has 1 heterocycles. The molecule has 1 aromatic heterocycles. The Labute approximate surface area is 93.1 Å². The maximum absolute atomic E-state index is 12.8. The van der Waals surface area contributed by atoms with Crippen LogP contribution in [-0.2, 0) is 6.42 Å². The Morgan fingerprint density at radius 3 is 2.75 bits per heavy atom. The number of benzene rings is 1. The van der Waals surface area contributed by atoms with E-state index in [4.69, 9.17) is 0 Å².